The van der Waals surface area contributed by atoms with Crippen molar-refractivity contribution < 1.29 is 14.3 Å². The van der Waals surface area contributed by atoms with Gasteiger partial charge in [0.25, 0.3) is 0 Å². The first-order valence-corrected chi connectivity index (χ1v) is 10.3. The third kappa shape index (κ3) is 5.48. The first-order chi connectivity index (χ1) is 14.1. The molecule has 1 fully saturated rings. The van der Waals surface area contributed by atoms with Crippen molar-refractivity contribution in [2.45, 2.75) is 32.1 Å². The normalized spacial score (nSPS) is 19.6. The van der Waals surface area contributed by atoms with Crippen molar-refractivity contribution in [2.75, 3.05) is 33.9 Å². The zero-order valence-corrected chi connectivity index (χ0v) is 17.4. The number of methoxy groups -OCH3 is 2. The van der Waals surface area contributed by atoms with E-state index in [1.165, 1.54) is 12.7 Å². The fourth-order valence-corrected chi connectivity index (χ4v) is 4.42. The van der Waals surface area contributed by atoms with Gasteiger partial charge in [0, 0.05) is 24.5 Å². The number of piperidine rings is 1. The second kappa shape index (κ2) is 10.3. The van der Waals surface area contributed by atoms with Crippen LogP contribution in [0.5, 0.6) is 5.75 Å². The van der Waals surface area contributed by atoms with Crippen LogP contribution >= 0.6 is 0 Å². The van der Waals surface area contributed by atoms with Gasteiger partial charge in [-0.15, -0.1) is 6.42 Å². The van der Waals surface area contributed by atoms with Gasteiger partial charge < -0.3 is 9.47 Å². The second-order valence-corrected chi connectivity index (χ2v) is 7.77. The third-order valence-corrected chi connectivity index (χ3v) is 6.01. The molecule has 1 aliphatic heterocycles. The number of carbonyl (C=O) groups is 1. The molecule has 3 rings (SSSR count). The highest BCUT2D eigenvalue weighted by Crippen LogP contribution is 2.31. The molecule has 1 aromatic carbocycles. The number of fused-ring (bicyclic) bond motifs is 1. The highest BCUT2D eigenvalue weighted by atomic mass is 16.5. The van der Waals surface area contributed by atoms with Crippen LogP contribution in [0.1, 0.15) is 31.2 Å². The SMILES string of the molecule is C#CCN1CC[C@@H](CCCc2ccnc3ccc(OC)cc23)[C@@H](CC(=O)OC)C1. The molecular formula is C24H30N2O3. The molecule has 0 spiro atoms. The summed E-state index contributed by atoms with van der Waals surface area (Å²) < 4.78 is 10.3. The van der Waals surface area contributed by atoms with Gasteiger partial charge in [-0.05, 0) is 73.9 Å². The Balaban J connectivity index is 1.64. The smallest absolute Gasteiger partial charge is 0.305 e. The number of ether oxygens (including phenoxy) is 2. The van der Waals surface area contributed by atoms with Crippen LogP contribution < -0.4 is 4.74 Å². The van der Waals surface area contributed by atoms with Crippen LogP contribution in [-0.2, 0) is 16.0 Å². The van der Waals surface area contributed by atoms with Gasteiger partial charge in [-0.25, -0.2) is 0 Å². The summed E-state index contributed by atoms with van der Waals surface area (Å²) in [5.41, 5.74) is 2.29. The maximum Gasteiger partial charge on any atom is 0.305 e. The number of esters is 1. The van der Waals surface area contributed by atoms with E-state index < -0.39 is 0 Å². The minimum atomic E-state index is -0.130. The first kappa shape index (κ1) is 21.1. The number of likely N-dealkylation sites (tertiary alicyclic amines) is 1. The standard InChI is InChI=1S/C24H30N2O3/c1-4-13-26-14-11-18(20(17-26)15-24(27)29-3)6-5-7-19-10-12-25-23-9-8-21(28-2)16-22(19)23/h1,8-10,12,16,18,20H,5-7,11,13-15,17H2,2-3H3/t18-,20+/m1/s1. The van der Waals surface area contributed by atoms with Crippen LogP contribution in [0.25, 0.3) is 10.9 Å². The largest absolute Gasteiger partial charge is 0.497 e. The molecule has 0 N–H and O–H groups in total. The maximum atomic E-state index is 11.9. The Hall–Kier alpha value is -2.58. The van der Waals surface area contributed by atoms with Crippen molar-refractivity contribution in [3.63, 3.8) is 0 Å². The summed E-state index contributed by atoms with van der Waals surface area (Å²) in [6.45, 7) is 2.52. The van der Waals surface area contributed by atoms with Crippen molar-refractivity contribution in [3.05, 3.63) is 36.0 Å². The number of aromatic nitrogens is 1. The number of terminal acetylenes is 1. The number of benzene rings is 1. The topological polar surface area (TPSA) is 51.7 Å². The summed E-state index contributed by atoms with van der Waals surface area (Å²) in [6, 6.07) is 8.12. The predicted molar refractivity (Wildman–Crippen MR) is 115 cm³/mol. The molecule has 5 heteroatoms. The summed E-state index contributed by atoms with van der Waals surface area (Å²) in [4.78, 5) is 18.6. The number of aryl methyl sites for hydroxylation is 1. The summed E-state index contributed by atoms with van der Waals surface area (Å²) in [5, 5.41) is 1.15. The second-order valence-electron chi connectivity index (χ2n) is 7.77. The van der Waals surface area contributed by atoms with Crippen LogP contribution in [-0.4, -0.2) is 49.7 Å². The van der Waals surface area contributed by atoms with E-state index in [4.69, 9.17) is 15.9 Å². The minimum absolute atomic E-state index is 0.130. The Morgan fingerprint density at radius 2 is 2.17 bits per heavy atom. The third-order valence-electron chi connectivity index (χ3n) is 6.01. The van der Waals surface area contributed by atoms with Crippen molar-refractivity contribution in [1.82, 2.24) is 9.88 Å². The summed E-state index contributed by atoms with van der Waals surface area (Å²) >= 11 is 0. The molecule has 2 heterocycles. The van der Waals surface area contributed by atoms with Gasteiger partial charge in [0.2, 0.25) is 0 Å². The molecule has 0 aliphatic carbocycles. The molecular weight excluding hydrogens is 364 g/mol. The average Bonchev–Trinajstić information content (AvgIpc) is 2.75. The quantitative estimate of drug-likeness (QED) is 0.505. The van der Waals surface area contributed by atoms with Gasteiger partial charge >= 0.3 is 5.97 Å². The number of hydrogen-bond donors (Lipinski definition) is 0. The monoisotopic (exact) mass is 394 g/mol. The Kier molecular flexibility index (Phi) is 7.48. The number of rotatable bonds is 8. The van der Waals surface area contributed by atoms with Gasteiger partial charge in [0.05, 0.1) is 26.3 Å². The Labute approximate surface area is 173 Å². The minimum Gasteiger partial charge on any atom is -0.497 e. The molecule has 1 saturated heterocycles. The Bertz CT molecular complexity index is 874. The lowest BCUT2D eigenvalue weighted by molar-refractivity contribution is -0.142. The van der Waals surface area contributed by atoms with E-state index in [1.807, 2.05) is 18.3 Å². The lowest BCUT2D eigenvalue weighted by atomic mass is 9.80. The fraction of sp³-hybridized carbons (Fsp3) is 0.500. The van der Waals surface area contributed by atoms with E-state index in [0.29, 0.717) is 24.8 Å². The van der Waals surface area contributed by atoms with Crippen LogP contribution in [0.15, 0.2) is 30.5 Å². The van der Waals surface area contributed by atoms with Crippen LogP contribution in [0.4, 0.5) is 0 Å². The highest BCUT2D eigenvalue weighted by Gasteiger charge is 2.30. The van der Waals surface area contributed by atoms with E-state index in [1.54, 1.807) is 7.11 Å². The summed E-state index contributed by atoms with van der Waals surface area (Å²) in [5.74, 6) is 4.27. The molecule has 5 nitrogen and oxygen atoms in total. The van der Waals surface area contributed by atoms with Gasteiger partial charge in [0.1, 0.15) is 5.75 Å². The lowest BCUT2D eigenvalue weighted by Gasteiger charge is -2.37. The molecule has 0 bridgehead atoms. The highest BCUT2D eigenvalue weighted by molar-refractivity contribution is 5.83. The Morgan fingerprint density at radius 1 is 1.31 bits per heavy atom. The number of carbonyl (C=O) groups excluding carboxylic acids is 1. The molecule has 2 atom stereocenters. The van der Waals surface area contributed by atoms with E-state index in [-0.39, 0.29) is 5.97 Å². The van der Waals surface area contributed by atoms with E-state index in [9.17, 15) is 4.79 Å². The number of hydrogen-bond acceptors (Lipinski definition) is 5. The van der Waals surface area contributed by atoms with Gasteiger partial charge in [-0.3, -0.25) is 14.7 Å². The Morgan fingerprint density at radius 3 is 2.93 bits per heavy atom. The molecule has 2 aromatic rings. The molecule has 1 aromatic heterocycles. The van der Waals surface area contributed by atoms with Crippen molar-refractivity contribution in [1.29, 1.82) is 0 Å². The average molecular weight is 395 g/mol. The van der Waals surface area contributed by atoms with Gasteiger partial charge in [0.15, 0.2) is 0 Å². The van der Waals surface area contributed by atoms with E-state index >= 15 is 0 Å². The van der Waals surface area contributed by atoms with Crippen molar-refractivity contribution >= 4 is 16.9 Å². The van der Waals surface area contributed by atoms with E-state index in [0.717, 1.165) is 55.4 Å². The number of pyridine rings is 1. The molecule has 0 saturated carbocycles. The van der Waals surface area contributed by atoms with Crippen LogP contribution in [0.2, 0.25) is 0 Å². The van der Waals surface area contributed by atoms with E-state index in [2.05, 4.69) is 27.9 Å². The summed E-state index contributed by atoms with van der Waals surface area (Å²) in [6.07, 6.45) is 12.1. The van der Waals surface area contributed by atoms with Crippen LogP contribution in [0.3, 0.4) is 0 Å². The van der Waals surface area contributed by atoms with Gasteiger partial charge in [-0.2, -0.15) is 0 Å². The first-order valence-electron chi connectivity index (χ1n) is 10.3. The predicted octanol–water partition coefficient (Wildman–Crippen LogP) is 3.70. The van der Waals surface area contributed by atoms with Crippen molar-refractivity contribution in [2.24, 2.45) is 11.8 Å². The molecule has 0 radical (unpaired) electrons. The zero-order chi connectivity index (χ0) is 20.6. The summed E-state index contributed by atoms with van der Waals surface area (Å²) in [7, 11) is 3.15. The molecule has 0 unspecified atom stereocenters. The fourth-order valence-electron chi connectivity index (χ4n) is 4.42. The molecule has 29 heavy (non-hydrogen) atoms. The molecule has 154 valence electrons. The molecule has 0 amide bonds. The molecule has 1 aliphatic rings. The zero-order valence-electron chi connectivity index (χ0n) is 17.4. The van der Waals surface area contributed by atoms with Gasteiger partial charge in [-0.1, -0.05) is 5.92 Å². The number of nitrogens with zero attached hydrogens (tertiary/aromatic N) is 2. The van der Waals surface area contributed by atoms with Crippen LogP contribution in [0, 0.1) is 24.2 Å². The maximum absolute atomic E-state index is 11.9. The van der Waals surface area contributed by atoms with Crippen molar-refractivity contribution in [3.8, 4) is 18.1 Å². The lowest BCUT2D eigenvalue weighted by Crippen LogP contribution is -2.41.